The molecule has 0 fully saturated rings. The van der Waals surface area contributed by atoms with Crippen molar-refractivity contribution in [2.24, 2.45) is 5.73 Å². The molecule has 0 aliphatic rings. The Balaban J connectivity index is 2.75. The number of nitrogens with one attached hydrogen (secondary N) is 1. The number of nitrogens with zero attached hydrogens (tertiary/aromatic N) is 1. The number of hydrogen-bond donors (Lipinski definition) is 2. The van der Waals surface area contributed by atoms with Crippen molar-refractivity contribution < 1.29 is 14.3 Å². The summed E-state index contributed by atoms with van der Waals surface area (Å²) in [5.74, 6) is 0.716. The number of para-hydroxylation sites is 1. The van der Waals surface area contributed by atoms with Crippen LogP contribution in [0.3, 0.4) is 0 Å². The second kappa shape index (κ2) is 7.95. The van der Waals surface area contributed by atoms with Crippen LogP contribution in [0.2, 0.25) is 0 Å². The average Bonchev–Trinajstić information content (AvgIpc) is 2.43. The Morgan fingerprint density at radius 3 is 2.95 bits per heavy atom. The molecule has 0 heterocycles. The maximum absolute atomic E-state index is 11.4. The molecule has 6 heteroatoms. The summed E-state index contributed by atoms with van der Waals surface area (Å²) in [4.78, 5) is 11.4. The summed E-state index contributed by atoms with van der Waals surface area (Å²) in [6.07, 6.45) is 0.631. The van der Waals surface area contributed by atoms with Gasteiger partial charge in [0.1, 0.15) is 6.54 Å². The summed E-state index contributed by atoms with van der Waals surface area (Å²) in [7, 11) is 1.53. The smallest absolute Gasteiger partial charge is 0.258 e. The zero-order valence-electron chi connectivity index (χ0n) is 10.8. The lowest BCUT2D eigenvalue weighted by Gasteiger charge is -2.14. The molecule has 102 valence electrons. The van der Waals surface area contributed by atoms with E-state index in [-0.39, 0.29) is 19.1 Å². The van der Waals surface area contributed by atoms with E-state index in [0.29, 0.717) is 24.5 Å². The van der Waals surface area contributed by atoms with Gasteiger partial charge in [0.15, 0.2) is 18.1 Å². The van der Waals surface area contributed by atoms with Gasteiger partial charge in [0.2, 0.25) is 0 Å². The molecule has 1 aromatic carbocycles. The van der Waals surface area contributed by atoms with Crippen molar-refractivity contribution in [2.45, 2.75) is 6.42 Å². The molecule has 3 N–H and O–H groups in total. The van der Waals surface area contributed by atoms with Crippen molar-refractivity contribution in [3.8, 4) is 17.6 Å². The van der Waals surface area contributed by atoms with Crippen LogP contribution in [-0.4, -0.2) is 32.7 Å². The molecule has 0 spiro atoms. The van der Waals surface area contributed by atoms with Crippen molar-refractivity contribution in [3.63, 3.8) is 0 Å². The molecule has 0 saturated heterocycles. The average molecular weight is 263 g/mol. The molecule has 0 aliphatic carbocycles. The standard InChI is InChI=1S/C13H17N3O3/c1-18-11-4-2-3-10(5-6-14)13(11)19-9-12(17)16-8-7-15/h2-4H,5-6,8-9,14H2,1H3,(H,16,17). The molecule has 1 rings (SSSR count). The lowest BCUT2D eigenvalue weighted by molar-refractivity contribution is -0.122. The second-order valence-corrected chi connectivity index (χ2v) is 3.71. The predicted molar refractivity (Wildman–Crippen MR) is 69.9 cm³/mol. The van der Waals surface area contributed by atoms with Crippen LogP contribution < -0.4 is 20.5 Å². The van der Waals surface area contributed by atoms with E-state index in [2.05, 4.69) is 5.32 Å². The molecule has 6 nitrogen and oxygen atoms in total. The molecule has 0 atom stereocenters. The third-order valence-electron chi connectivity index (χ3n) is 2.41. The van der Waals surface area contributed by atoms with Crippen molar-refractivity contribution in [1.29, 1.82) is 5.26 Å². The van der Waals surface area contributed by atoms with Crippen molar-refractivity contribution in [2.75, 3.05) is 26.8 Å². The van der Waals surface area contributed by atoms with Gasteiger partial charge in [0, 0.05) is 0 Å². The molecule has 1 amide bonds. The van der Waals surface area contributed by atoms with Gasteiger partial charge in [0.05, 0.1) is 13.2 Å². The summed E-state index contributed by atoms with van der Waals surface area (Å²) >= 11 is 0. The van der Waals surface area contributed by atoms with E-state index in [1.165, 1.54) is 7.11 Å². The van der Waals surface area contributed by atoms with Gasteiger partial charge < -0.3 is 20.5 Å². The first-order valence-corrected chi connectivity index (χ1v) is 5.85. The SMILES string of the molecule is COc1cccc(CCN)c1OCC(=O)NCC#N. The Morgan fingerprint density at radius 2 is 2.32 bits per heavy atom. The third kappa shape index (κ3) is 4.48. The first-order valence-electron chi connectivity index (χ1n) is 5.85. The zero-order valence-corrected chi connectivity index (χ0v) is 10.8. The molecule has 19 heavy (non-hydrogen) atoms. The number of ether oxygens (including phenoxy) is 2. The number of amides is 1. The van der Waals surface area contributed by atoms with E-state index >= 15 is 0 Å². The molecule has 0 aromatic heterocycles. The maximum Gasteiger partial charge on any atom is 0.258 e. The Kier molecular flexibility index (Phi) is 6.19. The van der Waals surface area contributed by atoms with Crippen LogP contribution in [0.25, 0.3) is 0 Å². The zero-order chi connectivity index (χ0) is 14.1. The number of carbonyl (C=O) groups excluding carboxylic acids is 1. The van der Waals surface area contributed by atoms with E-state index in [9.17, 15) is 4.79 Å². The van der Waals surface area contributed by atoms with Crippen LogP contribution in [0.1, 0.15) is 5.56 Å². The molecule has 0 unspecified atom stereocenters. The number of rotatable bonds is 7. The molecular weight excluding hydrogens is 246 g/mol. The first-order chi connectivity index (χ1) is 9.22. The topological polar surface area (TPSA) is 97.4 Å². The first kappa shape index (κ1) is 14.8. The van der Waals surface area contributed by atoms with E-state index in [1.54, 1.807) is 6.07 Å². The number of methoxy groups -OCH3 is 1. The minimum atomic E-state index is -0.355. The van der Waals surface area contributed by atoms with Gasteiger partial charge in [-0.1, -0.05) is 12.1 Å². The molecule has 1 aromatic rings. The quantitative estimate of drug-likeness (QED) is 0.686. The fourth-order valence-corrected chi connectivity index (χ4v) is 1.57. The van der Waals surface area contributed by atoms with E-state index in [4.69, 9.17) is 20.5 Å². The van der Waals surface area contributed by atoms with E-state index < -0.39 is 0 Å². The largest absolute Gasteiger partial charge is 0.493 e. The predicted octanol–water partition coefficient (Wildman–Crippen LogP) is 0.215. The summed E-state index contributed by atoms with van der Waals surface area (Å²) in [5.41, 5.74) is 6.42. The molecule has 0 saturated carbocycles. The Labute approximate surface area is 112 Å². The minimum absolute atomic E-state index is 0.0379. The lowest BCUT2D eigenvalue weighted by atomic mass is 10.1. The van der Waals surface area contributed by atoms with Crippen LogP contribution in [-0.2, 0) is 11.2 Å². The number of nitrogens with two attached hydrogens (primary N) is 1. The maximum atomic E-state index is 11.4. The van der Waals surface area contributed by atoms with Gasteiger partial charge in [-0.15, -0.1) is 0 Å². The third-order valence-corrected chi connectivity index (χ3v) is 2.41. The van der Waals surface area contributed by atoms with Gasteiger partial charge in [-0.2, -0.15) is 5.26 Å². The van der Waals surface area contributed by atoms with Crippen LogP contribution >= 0.6 is 0 Å². The lowest BCUT2D eigenvalue weighted by Crippen LogP contribution is -2.29. The fourth-order valence-electron chi connectivity index (χ4n) is 1.57. The van der Waals surface area contributed by atoms with Gasteiger partial charge in [-0.05, 0) is 24.6 Å². The number of benzene rings is 1. The van der Waals surface area contributed by atoms with Gasteiger partial charge in [0.25, 0.3) is 5.91 Å². The molecule has 0 bridgehead atoms. The number of carbonyl (C=O) groups is 1. The Morgan fingerprint density at radius 1 is 1.53 bits per heavy atom. The van der Waals surface area contributed by atoms with Crippen LogP contribution in [0, 0.1) is 11.3 Å². The van der Waals surface area contributed by atoms with E-state index in [1.807, 2.05) is 18.2 Å². The van der Waals surface area contributed by atoms with Gasteiger partial charge in [-0.3, -0.25) is 4.79 Å². The second-order valence-electron chi connectivity index (χ2n) is 3.71. The summed E-state index contributed by atoms with van der Waals surface area (Å²) < 4.78 is 10.7. The molecule has 0 aliphatic heterocycles. The van der Waals surface area contributed by atoms with Crippen molar-refractivity contribution in [1.82, 2.24) is 5.32 Å². The summed E-state index contributed by atoms with van der Waals surface area (Å²) in [6, 6.07) is 7.29. The van der Waals surface area contributed by atoms with Crippen LogP contribution in [0.15, 0.2) is 18.2 Å². The number of nitriles is 1. The molecule has 0 radical (unpaired) electrons. The van der Waals surface area contributed by atoms with Gasteiger partial charge >= 0.3 is 0 Å². The highest BCUT2D eigenvalue weighted by atomic mass is 16.5. The highest BCUT2D eigenvalue weighted by Gasteiger charge is 2.11. The van der Waals surface area contributed by atoms with Crippen molar-refractivity contribution in [3.05, 3.63) is 23.8 Å². The molecular formula is C13H17N3O3. The minimum Gasteiger partial charge on any atom is -0.493 e. The fraction of sp³-hybridized carbons (Fsp3) is 0.385. The summed E-state index contributed by atoms with van der Waals surface area (Å²) in [6.45, 7) is 0.271. The monoisotopic (exact) mass is 263 g/mol. The van der Waals surface area contributed by atoms with Crippen molar-refractivity contribution >= 4 is 5.91 Å². The highest BCUT2D eigenvalue weighted by Crippen LogP contribution is 2.31. The summed E-state index contributed by atoms with van der Waals surface area (Å²) in [5, 5.41) is 10.8. The van der Waals surface area contributed by atoms with E-state index in [0.717, 1.165) is 5.56 Å². The van der Waals surface area contributed by atoms with Crippen LogP contribution in [0.4, 0.5) is 0 Å². The highest BCUT2D eigenvalue weighted by molar-refractivity contribution is 5.77. The Hall–Kier alpha value is -2.26. The Bertz CT molecular complexity index is 469. The van der Waals surface area contributed by atoms with Crippen LogP contribution in [0.5, 0.6) is 11.5 Å². The normalized spacial score (nSPS) is 9.53. The van der Waals surface area contributed by atoms with Gasteiger partial charge in [-0.25, -0.2) is 0 Å². The number of hydrogen-bond acceptors (Lipinski definition) is 5.